The van der Waals surface area contributed by atoms with E-state index in [1.165, 1.54) is 12.1 Å². The van der Waals surface area contributed by atoms with Crippen LogP contribution in [0, 0.1) is 0 Å². The van der Waals surface area contributed by atoms with E-state index < -0.39 is 23.4 Å². The average Bonchev–Trinajstić information content (AvgIpc) is 2.81. The second kappa shape index (κ2) is 6.10. The third-order valence-electron chi connectivity index (χ3n) is 4.02. The van der Waals surface area contributed by atoms with E-state index in [0.717, 1.165) is 0 Å². The Kier molecular flexibility index (Phi) is 4.14. The van der Waals surface area contributed by atoms with Gasteiger partial charge in [-0.05, 0) is 19.1 Å². The minimum atomic E-state index is -1.18. The van der Waals surface area contributed by atoms with E-state index in [1.54, 1.807) is 19.1 Å². The first-order chi connectivity index (χ1) is 11.1. The Bertz CT molecular complexity index is 609. The quantitative estimate of drug-likeness (QED) is 0.779. The Labute approximate surface area is 133 Å². The number of benzene rings is 1. The fraction of sp³-hybridized carbons (Fsp3) is 0.438. The summed E-state index contributed by atoms with van der Waals surface area (Å²) in [7, 11) is 0. The highest BCUT2D eigenvalue weighted by Crippen LogP contribution is 2.29. The van der Waals surface area contributed by atoms with Crippen LogP contribution < -0.4 is 0 Å². The Morgan fingerprint density at radius 2 is 1.74 bits per heavy atom. The molecule has 7 nitrogen and oxygen atoms in total. The number of hydroxylamine groups is 2. The molecule has 1 aromatic carbocycles. The molecule has 0 unspecified atom stereocenters. The summed E-state index contributed by atoms with van der Waals surface area (Å²) >= 11 is 0. The summed E-state index contributed by atoms with van der Waals surface area (Å²) in [5.74, 6) is -2.02. The van der Waals surface area contributed by atoms with Crippen molar-refractivity contribution in [2.75, 3.05) is 19.8 Å². The Hall–Kier alpha value is -2.25. The first kappa shape index (κ1) is 15.6. The van der Waals surface area contributed by atoms with Crippen molar-refractivity contribution < 1.29 is 28.7 Å². The van der Waals surface area contributed by atoms with Crippen molar-refractivity contribution in [3.05, 3.63) is 35.4 Å². The van der Waals surface area contributed by atoms with Gasteiger partial charge in [-0.1, -0.05) is 17.2 Å². The number of carbonyl (C=O) groups excluding carboxylic acids is 3. The topological polar surface area (TPSA) is 82.1 Å². The van der Waals surface area contributed by atoms with Gasteiger partial charge in [-0.15, -0.1) is 0 Å². The summed E-state index contributed by atoms with van der Waals surface area (Å²) < 4.78 is 10.8. The van der Waals surface area contributed by atoms with Crippen LogP contribution in [0.4, 0.5) is 0 Å². The van der Waals surface area contributed by atoms with Gasteiger partial charge in [-0.3, -0.25) is 9.59 Å². The number of rotatable bonds is 4. The maximum atomic E-state index is 12.6. The highest BCUT2D eigenvalue weighted by atomic mass is 16.7. The fourth-order valence-electron chi connectivity index (χ4n) is 2.80. The van der Waals surface area contributed by atoms with E-state index in [1.807, 2.05) is 0 Å². The fourth-order valence-corrected chi connectivity index (χ4v) is 2.80. The van der Waals surface area contributed by atoms with Crippen LogP contribution in [0.5, 0.6) is 0 Å². The van der Waals surface area contributed by atoms with Crippen molar-refractivity contribution in [1.82, 2.24) is 5.06 Å². The lowest BCUT2D eigenvalue weighted by Gasteiger charge is -2.34. The van der Waals surface area contributed by atoms with Crippen LogP contribution >= 0.6 is 0 Å². The summed E-state index contributed by atoms with van der Waals surface area (Å²) in [6, 6.07) is 6.34. The molecular formula is C16H17NO6. The monoisotopic (exact) mass is 319 g/mol. The molecular weight excluding hydrogens is 302 g/mol. The van der Waals surface area contributed by atoms with Gasteiger partial charge in [-0.2, -0.15) is 0 Å². The molecule has 1 saturated heterocycles. The van der Waals surface area contributed by atoms with Crippen LogP contribution in [0.3, 0.4) is 0 Å². The van der Waals surface area contributed by atoms with E-state index in [9.17, 15) is 14.4 Å². The lowest BCUT2D eigenvalue weighted by atomic mass is 9.94. The van der Waals surface area contributed by atoms with Gasteiger partial charge in [0.25, 0.3) is 11.8 Å². The van der Waals surface area contributed by atoms with Gasteiger partial charge in [0.2, 0.25) is 0 Å². The molecule has 0 bridgehead atoms. The van der Waals surface area contributed by atoms with E-state index >= 15 is 0 Å². The normalized spacial score (nSPS) is 19.6. The highest BCUT2D eigenvalue weighted by molar-refractivity contribution is 6.20. The molecule has 23 heavy (non-hydrogen) atoms. The first-order valence-electron chi connectivity index (χ1n) is 7.51. The van der Waals surface area contributed by atoms with Crippen LogP contribution in [0.1, 0.15) is 40.5 Å². The molecule has 1 aromatic rings. The zero-order valence-electron chi connectivity index (χ0n) is 12.7. The Morgan fingerprint density at radius 3 is 2.26 bits per heavy atom. The predicted molar refractivity (Wildman–Crippen MR) is 77.4 cm³/mol. The molecule has 0 radical (unpaired) electrons. The van der Waals surface area contributed by atoms with E-state index in [0.29, 0.717) is 37.7 Å². The van der Waals surface area contributed by atoms with Crippen LogP contribution in [0.2, 0.25) is 0 Å². The Balaban J connectivity index is 1.80. The SMILES string of the molecule is CCOC1(C(=O)ON2C(=O)c3ccccc3C2=O)CCOCC1. The molecule has 0 N–H and O–H groups in total. The molecule has 2 amide bonds. The lowest BCUT2D eigenvalue weighted by Crippen LogP contribution is -2.50. The summed E-state index contributed by atoms with van der Waals surface area (Å²) in [6.45, 7) is 2.80. The zero-order chi connectivity index (χ0) is 16.4. The maximum Gasteiger partial charge on any atom is 0.364 e. The number of fused-ring (bicyclic) bond motifs is 1. The molecule has 0 saturated carbocycles. The minimum Gasteiger partial charge on any atom is -0.381 e. The summed E-state index contributed by atoms with van der Waals surface area (Å²) in [5, 5.41) is 0.517. The number of ether oxygens (including phenoxy) is 2. The number of hydrogen-bond donors (Lipinski definition) is 0. The van der Waals surface area contributed by atoms with Crippen LogP contribution in [-0.4, -0.2) is 48.3 Å². The van der Waals surface area contributed by atoms with Gasteiger partial charge in [0, 0.05) is 32.7 Å². The molecule has 2 heterocycles. The van der Waals surface area contributed by atoms with Gasteiger partial charge >= 0.3 is 5.97 Å². The van der Waals surface area contributed by atoms with Crippen molar-refractivity contribution >= 4 is 17.8 Å². The molecule has 2 aliphatic rings. The molecule has 7 heteroatoms. The third kappa shape index (κ3) is 2.62. The average molecular weight is 319 g/mol. The standard InChI is InChI=1S/C16H17NO6/c1-2-22-16(7-9-21-10-8-16)15(20)23-17-13(18)11-5-3-4-6-12(11)14(17)19/h3-6H,2,7-10H2,1H3. The molecule has 0 atom stereocenters. The molecule has 1 fully saturated rings. The van der Waals surface area contributed by atoms with Gasteiger partial charge in [0.1, 0.15) is 0 Å². The summed E-state index contributed by atoms with van der Waals surface area (Å²) in [5.41, 5.74) is -0.729. The lowest BCUT2D eigenvalue weighted by molar-refractivity contribution is -0.205. The molecule has 0 aliphatic carbocycles. The molecule has 0 spiro atoms. The Morgan fingerprint density at radius 1 is 1.17 bits per heavy atom. The van der Waals surface area contributed by atoms with Crippen LogP contribution in [0.15, 0.2) is 24.3 Å². The number of imide groups is 1. The van der Waals surface area contributed by atoms with Crippen molar-refractivity contribution in [2.24, 2.45) is 0 Å². The van der Waals surface area contributed by atoms with Gasteiger partial charge in [0.05, 0.1) is 11.1 Å². The van der Waals surface area contributed by atoms with E-state index in [-0.39, 0.29) is 11.1 Å². The third-order valence-corrected chi connectivity index (χ3v) is 4.02. The van der Waals surface area contributed by atoms with Crippen LogP contribution in [0.25, 0.3) is 0 Å². The minimum absolute atomic E-state index is 0.225. The van der Waals surface area contributed by atoms with Crippen molar-refractivity contribution in [3.63, 3.8) is 0 Å². The predicted octanol–water partition coefficient (Wildman–Crippen LogP) is 1.33. The largest absolute Gasteiger partial charge is 0.381 e. The number of nitrogens with zero attached hydrogens (tertiary/aromatic N) is 1. The first-order valence-corrected chi connectivity index (χ1v) is 7.51. The summed E-state index contributed by atoms with van der Waals surface area (Å²) in [4.78, 5) is 42.2. The number of amides is 2. The van der Waals surface area contributed by atoms with Gasteiger partial charge < -0.3 is 14.3 Å². The number of carbonyl (C=O) groups is 3. The van der Waals surface area contributed by atoms with Crippen molar-refractivity contribution in [2.45, 2.75) is 25.4 Å². The zero-order valence-corrected chi connectivity index (χ0v) is 12.7. The van der Waals surface area contributed by atoms with E-state index in [4.69, 9.17) is 14.3 Å². The van der Waals surface area contributed by atoms with Crippen molar-refractivity contribution in [3.8, 4) is 0 Å². The molecule has 122 valence electrons. The van der Waals surface area contributed by atoms with Crippen LogP contribution in [-0.2, 0) is 19.1 Å². The van der Waals surface area contributed by atoms with Crippen molar-refractivity contribution in [1.29, 1.82) is 0 Å². The second-order valence-corrected chi connectivity index (χ2v) is 5.37. The highest BCUT2D eigenvalue weighted by Gasteiger charge is 2.47. The second-order valence-electron chi connectivity index (χ2n) is 5.37. The van der Waals surface area contributed by atoms with E-state index in [2.05, 4.69) is 0 Å². The maximum absolute atomic E-state index is 12.6. The number of hydrogen-bond acceptors (Lipinski definition) is 6. The molecule has 3 rings (SSSR count). The van der Waals surface area contributed by atoms with Gasteiger partial charge in [0.15, 0.2) is 5.60 Å². The van der Waals surface area contributed by atoms with Gasteiger partial charge in [-0.25, -0.2) is 4.79 Å². The summed E-state index contributed by atoms with van der Waals surface area (Å²) in [6.07, 6.45) is 0.645. The molecule has 2 aliphatic heterocycles. The molecule has 0 aromatic heterocycles. The smallest absolute Gasteiger partial charge is 0.364 e.